The van der Waals surface area contributed by atoms with Crippen LogP contribution in [0.3, 0.4) is 0 Å². The molecule has 1 aromatic carbocycles. The number of H-pyrrole nitrogens is 1. The van der Waals surface area contributed by atoms with Crippen molar-refractivity contribution in [1.82, 2.24) is 30.2 Å². The Labute approximate surface area is 214 Å². The van der Waals surface area contributed by atoms with Gasteiger partial charge >= 0.3 is 0 Å². The average Bonchev–Trinajstić information content (AvgIpc) is 3.22. The lowest BCUT2D eigenvalue weighted by atomic mass is 9.91. The highest BCUT2D eigenvalue weighted by Gasteiger charge is 2.19. The van der Waals surface area contributed by atoms with Crippen LogP contribution in [0.15, 0.2) is 42.7 Å². The number of aromatic nitrogens is 5. The van der Waals surface area contributed by atoms with E-state index in [1.807, 2.05) is 63.2 Å². The van der Waals surface area contributed by atoms with Crippen molar-refractivity contribution in [3.8, 4) is 0 Å². The van der Waals surface area contributed by atoms with Crippen LogP contribution in [0.25, 0.3) is 11.0 Å². The molecule has 4 aromatic rings. The number of hydrogen-bond acceptors (Lipinski definition) is 8. The van der Waals surface area contributed by atoms with E-state index in [2.05, 4.69) is 61.6 Å². The first-order valence-corrected chi connectivity index (χ1v) is 11.8. The third-order valence-electron chi connectivity index (χ3n) is 5.39. The Morgan fingerprint density at radius 1 is 1.03 bits per heavy atom. The van der Waals surface area contributed by atoms with Crippen LogP contribution >= 0.6 is 0 Å². The number of nitrogens with one attached hydrogen (secondary N) is 4. The molecule has 0 spiro atoms. The van der Waals surface area contributed by atoms with E-state index in [1.165, 1.54) is 6.20 Å². The summed E-state index contributed by atoms with van der Waals surface area (Å²) in [5, 5.41) is 9.45. The zero-order valence-electron chi connectivity index (χ0n) is 21.8. The van der Waals surface area contributed by atoms with Gasteiger partial charge in [-0.2, -0.15) is 4.98 Å². The van der Waals surface area contributed by atoms with Gasteiger partial charge in [-0.15, -0.1) is 0 Å². The molecule has 3 heterocycles. The molecule has 3 aromatic heterocycles. The maximum absolute atomic E-state index is 12.9. The number of fused-ring (bicyclic) bond motifs is 1. The summed E-state index contributed by atoms with van der Waals surface area (Å²) >= 11 is 0. The van der Waals surface area contributed by atoms with Gasteiger partial charge in [0.15, 0.2) is 0 Å². The first-order chi connectivity index (χ1) is 17.0. The summed E-state index contributed by atoms with van der Waals surface area (Å²) in [6.07, 6.45) is 3.28. The van der Waals surface area contributed by atoms with Gasteiger partial charge in [0.05, 0.1) is 11.0 Å². The fourth-order valence-corrected chi connectivity index (χ4v) is 3.51. The van der Waals surface area contributed by atoms with Crippen molar-refractivity contribution in [3.05, 3.63) is 54.0 Å². The number of carbonyl (C=O) groups excluding carboxylic acids is 1. The van der Waals surface area contributed by atoms with E-state index in [0.717, 1.165) is 34.1 Å². The van der Waals surface area contributed by atoms with Crippen LogP contribution in [0.1, 0.15) is 53.5 Å². The Hall–Kier alpha value is -4.21. The molecule has 1 amide bonds. The molecule has 0 bridgehead atoms. The minimum atomic E-state index is -0.251. The third-order valence-corrected chi connectivity index (χ3v) is 5.39. The summed E-state index contributed by atoms with van der Waals surface area (Å²) in [5.74, 6) is 1.28. The largest absolute Gasteiger partial charge is 0.350 e. The molecule has 0 aliphatic rings. The summed E-state index contributed by atoms with van der Waals surface area (Å²) < 4.78 is 0. The molecule has 0 aliphatic heterocycles. The third kappa shape index (κ3) is 5.70. The summed E-state index contributed by atoms with van der Waals surface area (Å²) in [6, 6.07) is 9.58. The van der Waals surface area contributed by atoms with Crippen LogP contribution in [0, 0.1) is 0 Å². The Bertz CT molecular complexity index is 1400. The predicted molar refractivity (Wildman–Crippen MR) is 149 cm³/mol. The molecule has 192 valence electrons. The van der Waals surface area contributed by atoms with Crippen LogP contribution in [-0.2, 0) is 5.41 Å². The fourth-order valence-electron chi connectivity index (χ4n) is 3.51. The highest BCUT2D eigenvalue weighted by Crippen LogP contribution is 2.27. The second-order valence-electron chi connectivity index (χ2n) is 10.2. The Balaban J connectivity index is 0.00000253. The second-order valence-corrected chi connectivity index (χ2v) is 10.2. The van der Waals surface area contributed by atoms with Crippen LogP contribution in [0.2, 0.25) is 0 Å². The highest BCUT2D eigenvalue weighted by molar-refractivity contribution is 5.99. The van der Waals surface area contributed by atoms with E-state index in [0.29, 0.717) is 17.3 Å². The lowest BCUT2D eigenvalue weighted by Crippen LogP contribution is -2.31. The quantitative estimate of drug-likeness (QED) is 0.277. The molecule has 10 heteroatoms. The number of rotatable bonds is 7. The second kappa shape index (κ2) is 9.80. The molecule has 36 heavy (non-hydrogen) atoms. The topological polar surface area (TPSA) is 124 Å². The normalized spacial score (nSPS) is 11.6. The van der Waals surface area contributed by atoms with Gasteiger partial charge in [0, 0.05) is 57.9 Å². The van der Waals surface area contributed by atoms with E-state index < -0.39 is 0 Å². The molecule has 0 saturated heterocycles. The smallest absolute Gasteiger partial charge is 0.256 e. The van der Waals surface area contributed by atoms with Crippen LogP contribution < -0.4 is 20.9 Å². The van der Waals surface area contributed by atoms with E-state index in [-0.39, 0.29) is 20.2 Å². The highest BCUT2D eigenvalue weighted by atomic mass is 16.1. The van der Waals surface area contributed by atoms with Gasteiger partial charge in [0.2, 0.25) is 11.9 Å². The summed E-state index contributed by atoms with van der Waals surface area (Å²) in [5.41, 5.74) is 4.49. The molecule has 4 rings (SSSR count). The minimum Gasteiger partial charge on any atom is -0.350 e. The first-order valence-electron chi connectivity index (χ1n) is 11.8. The molecule has 0 atom stereocenters. The molecule has 10 nitrogen and oxygen atoms in total. The van der Waals surface area contributed by atoms with E-state index >= 15 is 0 Å². The van der Waals surface area contributed by atoms with E-state index in [1.54, 1.807) is 6.20 Å². The number of nitrogens with zero attached hydrogens (tertiary/aromatic N) is 5. The van der Waals surface area contributed by atoms with Gasteiger partial charge in [0.1, 0.15) is 11.4 Å². The van der Waals surface area contributed by atoms with Crippen molar-refractivity contribution in [3.63, 3.8) is 0 Å². The zero-order valence-corrected chi connectivity index (χ0v) is 21.8. The SMILES string of the molecule is CC(C)NC(=O)c1cnc(Nc2ccc3nc(N(C)C)[nH]c3c2)nc1Nc1ccnc(C(C)(C)C)c1.[HH].[HH]. The van der Waals surface area contributed by atoms with Crippen molar-refractivity contribution in [2.45, 2.75) is 46.1 Å². The number of imidazole rings is 1. The van der Waals surface area contributed by atoms with E-state index in [9.17, 15) is 4.79 Å². The average molecular weight is 492 g/mol. The number of aromatic amines is 1. The molecule has 0 radical (unpaired) electrons. The molecular formula is C26H37N9O. The van der Waals surface area contributed by atoms with Crippen LogP contribution in [-0.4, -0.2) is 51.0 Å². The molecular weight excluding hydrogens is 454 g/mol. The predicted octanol–water partition coefficient (Wildman–Crippen LogP) is 5.23. The Kier molecular flexibility index (Phi) is 6.78. The molecule has 0 saturated carbocycles. The van der Waals surface area contributed by atoms with Crippen molar-refractivity contribution in [2.24, 2.45) is 0 Å². The maximum Gasteiger partial charge on any atom is 0.256 e. The van der Waals surface area contributed by atoms with Gasteiger partial charge in [-0.05, 0) is 44.2 Å². The van der Waals surface area contributed by atoms with Crippen LogP contribution in [0.4, 0.5) is 29.1 Å². The summed E-state index contributed by atoms with van der Waals surface area (Å²) in [7, 11) is 3.87. The van der Waals surface area contributed by atoms with E-state index in [4.69, 9.17) is 0 Å². The van der Waals surface area contributed by atoms with Crippen molar-refractivity contribution >= 4 is 46.0 Å². The van der Waals surface area contributed by atoms with Gasteiger partial charge in [-0.1, -0.05) is 20.8 Å². The van der Waals surface area contributed by atoms with Crippen LogP contribution in [0.5, 0.6) is 0 Å². The number of hydrogen-bond donors (Lipinski definition) is 4. The van der Waals surface area contributed by atoms with Gasteiger partial charge in [-0.25, -0.2) is 9.97 Å². The maximum atomic E-state index is 12.9. The van der Waals surface area contributed by atoms with Crippen molar-refractivity contribution in [1.29, 1.82) is 0 Å². The van der Waals surface area contributed by atoms with Gasteiger partial charge < -0.3 is 25.8 Å². The summed E-state index contributed by atoms with van der Waals surface area (Å²) in [4.78, 5) is 36.2. The van der Waals surface area contributed by atoms with Crippen molar-refractivity contribution in [2.75, 3.05) is 29.6 Å². The number of amides is 1. The molecule has 0 aliphatic carbocycles. The monoisotopic (exact) mass is 491 g/mol. The van der Waals surface area contributed by atoms with Gasteiger partial charge in [0.25, 0.3) is 5.91 Å². The number of anilines is 5. The Morgan fingerprint density at radius 3 is 2.47 bits per heavy atom. The molecule has 0 unspecified atom stereocenters. The molecule has 0 fully saturated rings. The van der Waals surface area contributed by atoms with Gasteiger partial charge in [-0.3, -0.25) is 9.78 Å². The Morgan fingerprint density at radius 2 is 1.78 bits per heavy atom. The molecule has 4 N–H and O–H groups in total. The minimum absolute atomic E-state index is 0. The number of pyridine rings is 1. The lowest BCUT2D eigenvalue weighted by molar-refractivity contribution is 0.0943. The standard InChI is InChI=1S/C26H33N9O.2H2/c1-15(2)29-23(36)18-14-28-24(31-16-8-9-19-20(12-16)33-25(32-19)35(6)7)34-22(18)30-17-10-11-27-21(13-17)26(3,4)5;;/h8-15H,1-7H3,(H,29,36)(H,32,33)(H2,27,28,30,31,34);2*1H. The zero-order chi connectivity index (χ0) is 26.0. The fraction of sp³-hybridized carbons (Fsp3) is 0.346. The first kappa shape index (κ1) is 24.9. The van der Waals surface area contributed by atoms with Crippen molar-refractivity contribution < 1.29 is 7.65 Å². The number of benzene rings is 1. The lowest BCUT2D eigenvalue weighted by Gasteiger charge is -2.19. The summed E-state index contributed by atoms with van der Waals surface area (Å²) in [6.45, 7) is 10.1. The number of carbonyl (C=O) groups is 1.